The van der Waals surface area contributed by atoms with Crippen LogP contribution in [0.15, 0.2) is 48.1 Å². The first-order valence-electron chi connectivity index (χ1n) is 7.83. The third kappa shape index (κ3) is 4.52. The fourth-order valence-electron chi connectivity index (χ4n) is 2.18. The maximum absolute atomic E-state index is 4.63. The van der Waals surface area contributed by atoms with Gasteiger partial charge in [0.2, 0.25) is 5.95 Å². The predicted molar refractivity (Wildman–Crippen MR) is 100 cm³/mol. The molecule has 0 bridgehead atoms. The third-order valence-electron chi connectivity index (χ3n) is 3.19. The van der Waals surface area contributed by atoms with E-state index in [9.17, 15) is 0 Å². The van der Waals surface area contributed by atoms with Crippen molar-refractivity contribution in [1.82, 2.24) is 15.0 Å². The highest BCUT2D eigenvalue weighted by Gasteiger charge is 2.14. The minimum atomic E-state index is -0.113. The fraction of sp³-hybridized carbons (Fsp3) is 0.278. The summed E-state index contributed by atoms with van der Waals surface area (Å²) in [5.74, 6) is 1.40. The van der Waals surface area contributed by atoms with Gasteiger partial charge in [0, 0.05) is 34.4 Å². The van der Waals surface area contributed by atoms with Crippen molar-refractivity contribution in [2.75, 3.05) is 10.6 Å². The SMILES string of the molecule is CC(C)(C)Nc1nc(NCc2cccs2)cc(-c2cccnc2)n1. The molecule has 0 aromatic carbocycles. The standard InChI is InChI=1S/C18H21N5S/c1-18(2,3)23-17-21-15(13-6-4-8-19-11-13)10-16(22-17)20-12-14-7-5-9-24-14/h4-11H,12H2,1-3H3,(H2,20,21,22,23). The van der Waals surface area contributed by atoms with Gasteiger partial charge in [-0.15, -0.1) is 11.3 Å². The molecule has 0 amide bonds. The van der Waals surface area contributed by atoms with Crippen molar-refractivity contribution in [2.45, 2.75) is 32.9 Å². The number of rotatable bonds is 5. The molecule has 3 heterocycles. The number of hydrogen-bond donors (Lipinski definition) is 2. The first-order chi connectivity index (χ1) is 11.5. The van der Waals surface area contributed by atoms with E-state index in [1.807, 2.05) is 24.4 Å². The number of hydrogen-bond acceptors (Lipinski definition) is 6. The molecular formula is C18H21N5S. The van der Waals surface area contributed by atoms with Crippen LogP contribution in [0.4, 0.5) is 11.8 Å². The molecule has 0 aliphatic heterocycles. The van der Waals surface area contributed by atoms with E-state index in [0.29, 0.717) is 5.95 Å². The Morgan fingerprint density at radius 2 is 2.00 bits per heavy atom. The fourth-order valence-corrected chi connectivity index (χ4v) is 2.83. The van der Waals surface area contributed by atoms with Crippen LogP contribution in [0.2, 0.25) is 0 Å². The maximum atomic E-state index is 4.63. The second-order valence-corrected chi connectivity index (χ2v) is 7.54. The van der Waals surface area contributed by atoms with Gasteiger partial charge in [0.15, 0.2) is 0 Å². The van der Waals surface area contributed by atoms with Crippen molar-refractivity contribution >= 4 is 23.1 Å². The zero-order valence-electron chi connectivity index (χ0n) is 14.1. The van der Waals surface area contributed by atoms with Gasteiger partial charge in [-0.05, 0) is 44.4 Å². The number of nitrogens with zero attached hydrogens (tertiary/aromatic N) is 3. The van der Waals surface area contributed by atoms with E-state index in [2.05, 4.69) is 63.9 Å². The number of anilines is 2. The molecule has 2 N–H and O–H groups in total. The van der Waals surface area contributed by atoms with Crippen LogP contribution in [0, 0.1) is 0 Å². The zero-order valence-corrected chi connectivity index (χ0v) is 14.9. The molecule has 3 aromatic rings. The van der Waals surface area contributed by atoms with E-state index in [4.69, 9.17) is 0 Å². The van der Waals surface area contributed by atoms with E-state index in [1.54, 1.807) is 17.5 Å². The molecule has 0 spiro atoms. The van der Waals surface area contributed by atoms with Crippen molar-refractivity contribution < 1.29 is 0 Å². The Morgan fingerprint density at radius 3 is 2.67 bits per heavy atom. The van der Waals surface area contributed by atoms with E-state index < -0.39 is 0 Å². The summed E-state index contributed by atoms with van der Waals surface area (Å²) in [6.07, 6.45) is 3.57. The summed E-state index contributed by atoms with van der Waals surface area (Å²) >= 11 is 1.73. The molecule has 3 rings (SSSR count). The summed E-state index contributed by atoms with van der Waals surface area (Å²) in [5.41, 5.74) is 1.70. The Bertz CT molecular complexity index is 779. The van der Waals surface area contributed by atoms with Gasteiger partial charge in [-0.25, -0.2) is 4.98 Å². The van der Waals surface area contributed by atoms with Gasteiger partial charge in [0.05, 0.1) is 12.2 Å². The molecule has 0 atom stereocenters. The summed E-state index contributed by atoms with van der Waals surface area (Å²) in [5, 5.41) is 8.80. The van der Waals surface area contributed by atoms with Gasteiger partial charge in [0.25, 0.3) is 0 Å². The molecule has 0 radical (unpaired) electrons. The van der Waals surface area contributed by atoms with Gasteiger partial charge in [-0.3, -0.25) is 4.98 Å². The predicted octanol–water partition coefficient (Wildman–Crippen LogP) is 4.42. The van der Waals surface area contributed by atoms with Crippen LogP contribution in [0.5, 0.6) is 0 Å². The first kappa shape index (κ1) is 16.4. The van der Waals surface area contributed by atoms with Crippen molar-refractivity contribution in [2.24, 2.45) is 0 Å². The average Bonchev–Trinajstić information content (AvgIpc) is 3.05. The van der Waals surface area contributed by atoms with E-state index in [0.717, 1.165) is 23.6 Å². The number of aromatic nitrogens is 3. The quantitative estimate of drug-likeness (QED) is 0.720. The lowest BCUT2D eigenvalue weighted by molar-refractivity contribution is 0.626. The van der Waals surface area contributed by atoms with Crippen molar-refractivity contribution in [3.05, 3.63) is 53.0 Å². The lowest BCUT2D eigenvalue weighted by Crippen LogP contribution is -2.27. The first-order valence-corrected chi connectivity index (χ1v) is 8.71. The Hall–Kier alpha value is -2.47. The van der Waals surface area contributed by atoms with Crippen LogP contribution in [-0.2, 0) is 6.54 Å². The lowest BCUT2D eigenvalue weighted by atomic mass is 10.1. The highest BCUT2D eigenvalue weighted by atomic mass is 32.1. The molecule has 0 unspecified atom stereocenters. The van der Waals surface area contributed by atoms with Crippen molar-refractivity contribution in [3.63, 3.8) is 0 Å². The number of nitrogens with one attached hydrogen (secondary N) is 2. The Balaban J connectivity index is 1.90. The summed E-state index contributed by atoms with van der Waals surface area (Å²) in [6, 6.07) is 10.0. The van der Waals surface area contributed by atoms with Crippen LogP contribution < -0.4 is 10.6 Å². The molecule has 24 heavy (non-hydrogen) atoms. The van der Waals surface area contributed by atoms with Crippen LogP contribution in [0.25, 0.3) is 11.3 Å². The Morgan fingerprint density at radius 1 is 1.12 bits per heavy atom. The average molecular weight is 339 g/mol. The summed E-state index contributed by atoms with van der Waals surface area (Å²) in [7, 11) is 0. The van der Waals surface area contributed by atoms with E-state index in [1.165, 1.54) is 4.88 Å². The maximum Gasteiger partial charge on any atom is 0.225 e. The molecular weight excluding hydrogens is 318 g/mol. The highest BCUT2D eigenvalue weighted by Crippen LogP contribution is 2.23. The second-order valence-electron chi connectivity index (χ2n) is 6.51. The molecule has 6 heteroatoms. The van der Waals surface area contributed by atoms with E-state index in [-0.39, 0.29) is 5.54 Å². The minimum absolute atomic E-state index is 0.113. The van der Waals surface area contributed by atoms with Gasteiger partial charge in [-0.2, -0.15) is 4.98 Å². The minimum Gasteiger partial charge on any atom is -0.365 e. The van der Waals surface area contributed by atoms with Crippen LogP contribution >= 0.6 is 11.3 Å². The molecule has 0 saturated heterocycles. The molecule has 124 valence electrons. The largest absolute Gasteiger partial charge is 0.365 e. The van der Waals surface area contributed by atoms with Crippen molar-refractivity contribution in [3.8, 4) is 11.3 Å². The van der Waals surface area contributed by atoms with Crippen LogP contribution in [0.1, 0.15) is 25.6 Å². The summed E-state index contributed by atoms with van der Waals surface area (Å²) < 4.78 is 0. The van der Waals surface area contributed by atoms with Gasteiger partial charge in [0.1, 0.15) is 5.82 Å². The Kier molecular flexibility index (Phi) is 4.76. The molecule has 0 fully saturated rings. The monoisotopic (exact) mass is 339 g/mol. The van der Waals surface area contributed by atoms with Gasteiger partial charge < -0.3 is 10.6 Å². The topological polar surface area (TPSA) is 62.7 Å². The molecule has 0 aliphatic carbocycles. The van der Waals surface area contributed by atoms with Gasteiger partial charge in [-0.1, -0.05) is 6.07 Å². The zero-order chi connectivity index (χ0) is 17.0. The molecule has 5 nitrogen and oxygen atoms in total. The normalized spacial score (nSPS) is 11.3. The molecule has 0 aliphatic rings. The van der Waals surface area contributed by atoms with Crippen LogP contribution in [-0.4, -0.2) is 20.5 Å². The molecule has 3 aromatic heterocycles. The smallest absolute Gasteiger partial charge is 0.225 e. The summed E-state index contributed by atoms with van der Waals surface area (Å²) in [6.45, 7) is 7.01. The summed E-state index contributed by atoms with van der Waals surface area (Å²) in [4.78, 5) is 14.7. The van der Waals surface area contributed by atoms with Crippen LogP contribution in [0.3, 0.4) is 0 Å². The van der Waals surface area contributed by atoms with Crippen molar-refractivity contribution in [1.29, 1.82) is 0 Å². The van der Waals surface area contributed by atoms with E-state index >= 15 is 0 Å². The lowest BCUT2D eigenvalue weighted by Gasteiger charge is -2.21. The molecule has 0 saturated carbocycles. The third-order valence-corrected chi connectivity index (χ3v) is 4.07. The Labute approximate surface area is 146 Å². The van der Waals surface area contributed by atoms with Gasteiger partial charge >= 0.3 is 0 Å². The number of thiophene rings is 1. The number of pyridine rings is 1. The highest BCUT2D eigenvalue weighted by molar-refractivity contribution is 7.09. The second kappa shape index (κ2) is 6.97.